The van der Waals surface area contributed by atoms with Crippen LogP contribution in [0.3, 0.4) is 0 Å². The van der Waals surface area contributed by atoms with Crippen LogP contribution in [0.15, 0.2) is 66.3 Å². The van der Waals surface area contributed by atoms with Crippen LogP contribution >= 0.6 is 11.6 Å². The average molecular weight is 1270 g/mol. The smallest absolute Gasteiger partial charge is 0.409 e. The van der Waals surface area contributed by atoms with E-state index in [9.17, 15) is 33.9 Å². The van der Waals surface area contributed by atoms with Crippen LogP contribution in [-0.2, 0) is 90.9 Å². The number of allylic oxidation sites excluding steroid dienone is 3. The number of nitrogens with zero attached hydrogens (tertiary/aromatic N) is 4. The first kappa shape index (κ1) is 72.0. The van der Waals surface area contributed by atoms with Gasteiger partial charge in [0.05, 0.1) is 115 Å². The van der Waals surface area contributed by atoms with Crippen molar-refractivity contribution in [3.05, 3.63) is 88.1 Å². The fraction of sp³-hybridized carbons (Fsp3) is 0.625. The molecule has 0 saturated carbocycles. The number of likely N-dealkylation sites (N-methyl/N-ethyl adjacent to an activating group) is 1. The Kier molecular flexibility index (Phi) is 28.8. The van der Waals surface area contributed by atoms with E-state index < -0.39 is 65.7 Å². The maximum atomic E-state index is 14.3. The molecule has 2 saturated heterocycles. The number of hydrogen-bond donors (Lipinski definition) is 4. The Balaban J connectivity index is 0.806. The summed E-state index contributed by atoms with van der Waals surface area (Å²) in [7, 11) is 6.58. The first-order valence-corrected chi connectivity index (χ1v) is 31.0. The van der Waals surface area contributed by atoms with Crippen molar-refractivity contribution in [1.82, 2.24) is 30.3 Å². The van der Waals surface area contributed by atoms with Gasteiger partial charge in [-0.3, -0.25) is 24.5 Å². The zero-order valence-electron chi connectivity index (χ0n) is 53.4. The molecule has 6 rings (SSSR count). The number of ether oxygens (including phenoxy) is 10. The van der Waals surface area contributed by atoms with Gasteiger partial charge >= 0.3 is 12.1 Å². The van der Waals surface area contributed by atoms with Gasteiger partial charge in [0.1, 0.15) is 30.0 Å². The van der Waals surface area contributed by atoms with Gasteiger partial charge in [0, 0.05) is 70.8 Å². The summed E-state index contributed by atoms with van der Waals surface area (Å²) in [6, 6.07) is 13.0. The van der Waals surface area contributed by atoms with Gasteiger partial charge in [-0.25, -0.2) is 9.59 Å². The van der Waals surface area contributed by atoms with Gasteiger partial charge in [0.25, 0.3) is 0 Å². The molecule has 25 heteroatoms. The lowest BCUT2D eigenvalue weighted by atomic mass is 9.83. The van der Waals surface area contributed by atoms with Gasteiger partial charge in [-0.2, -0.15) is 0 Å². The summed E-state index contributed by atoms with van der Waals surface area (Å²) in [5, 5.41) is 21.3. The van der Waals surface area contributed by atoms with Crippen molar-refractivity contribution in [2.24, 2.45) is 5.92 Å². The molecule has 3 aromatic rings. The van der Waals surface area contributed by atoms with E-state index in [2.05, 4.69) is 57.6 Å². The predicted molar refractivity (Wildman–Crippen MR) is 333 cm³/mol. The quantitative estimate of drug-likeness (QED) is 0.0354. The third-order valence-corrected chi connectivity index (χ3v) is 16.8. The number of halogens is 1. The Morgan fingerprint density at radius 2 is 1.51 bits per heavy atom. The van der Waals surface area contributed by atoms with Gasteiger partial charge in [-0.05, 0) is 82.4 Å². The minimum absolute atomic E-state index is 0.0297. The molecule has 8 atom stereocenters. The highest BCUT2D eigenvalue weighted by atomic mass is 35.5. The minimum Gasteiger partial charge on any atom is -0.457 e. The summed E-state index contributed by atoms with van der Waals surface area (Å²) in [6.07, 6.45) is 1.09. The number of methoxy groups -OCH3 is 1. The molecule has 494 valence electrons. The van der Waals surface area contributed by atoms with Crippen molar-refractivity contribution in [3.63, 3.8) is 0 Å². The molecule has 0 spiro atoms. The fourth-order valence-electron chi connectivity index (χ4n) is 10.6. The van der Waals surface area contributed by atoms with Gasteiger partial charge in [0.2, 0.25) is 23.6 Å². The number of fused-ring (bicyclic) bond motifs is 6. The highest BCUT2D eigenvalue weighted by molar-refractivity contribution is 6.34. The number of aryl methyl sites for hydroxylation is 2. The van der Waals surface area contributed by atoms with Crippen molar-refractivity contribution >= 4 is 63.9 Å². The molecule has 1 unspecified atom stereocenters. The number of hydrogen-bond acceptors (Lipinski definition) is 18. The van der Waals surface area contributed by atoms with E-state index in [-0.39, 0.29) is 69.8 Å². The van der Waals surface area contributed by atoms with E-state index in [1.54, 1.807) is 33.0 Å². The van der Waals surface area contributed by atoms with Crippen LogP contribution in [-0.4, -0.2) is 224 Å². The summed E-state index contributed by atoms with van der Waals surface area (Å²) >= 11 is 6.83. The third-order valence-electron chi connectivity index (χ3n) is 16.3. The first-order chi connectivity index (χ1) is 42.6. The zero-order chi connectivity index (χ0) is 64.7. The van der Waals surface area contributed by atoms with Crippen LogP contribution in [0.25, 0.3) is 10.9 Å². The van der Waals surface area contributed by atoms with Gasteiger partial charge < -0.3 is 82.4 Å². The monoisotopic (exact) mass is 1270 g/mol. The number of esters is 1. The second-order valence-corrected chi connectivity index (χ2v) is 23.4. The number of alkyl carbamates (subject to hydrolysis) is 1. The van der Waals surface area contributed by atoms with E-state index in [4.69, 9.17) is 59.0 Å². The standard InChI is InChI=1S/C64H94ClN7O17/c1-11-69(7)42-49-38-48-16-12-13-17-50(48)72(49)22-19-55(73)67-41-56(74)66-21-24-82-26-28-84-30-32-86-34-33-85-31-29-83-27-25-81-23-20-57(75)70(8)46(5)61(77)88-54-39-58(76)71(9)51-37-47(36-44(3)59(51)65)35-43(2)15-14-18-53(80-10)64(79)40-52(87-62(78)68-64)45(4)60-63(54,6)89-60/h12-18,36-38,45-46,52-54,60,79H,11,19-35,39-42H2,1-10H3,(H,66,74)(H,67,73)(H,68,78)/b18-14+,43-15+/t45-,46+,52+,53-,54+,60?,63+,64-/m1/s1. The molecule has 89 heavy (non-hydrogen) atoms. The number of carbonyl (C=O) groups excluding carboxylic acids is 6. The average Bonchev–Trinajstić information content (AvgIpc) is 1.66. The Morgan fingerprint density at radius 1 is 0.876 bits per heavy atom. The number of benzene rings is 2. The molecular weight excluding hydrogens is 1170 g/mol. The lowest BCUT2D eigenvalue weighted by Crippen LogP contribution is -2.63. The number of anilines is 1. The van der Waals surface area contributed by atoms with Crippen LogP contribution in [0.2, 0.25) is 5.02 Å². The van der Waals surface area contributed by atoms with Crippen LogP contribution in [0.5, 0.6) is 0 Å². The van der Waals surface area contributed by atoms with Crippen LogP contribution in [0.4, 0.5) is 10.5 Å². The minimum atomic E-state index is -1.85. The Morgan fingerprint density at radius 3 is 2.15 bits per heavy atom. The SMILES string of the molecule is CCN(C)Cc1cc2ccccc2n1CCC(=O)NCC(=O)NCCOCCOCCOCCOCCOCCOCCC(=O)N(C)[C@@H](C)C(=O)O[C@H]1CC(=O)N(C)c2cc(cc(C)c2Cl)C/C(C)=C/C=C/[C@@H](OC)[C@]2(O)C[C@H](OC(=O)N2)[C@@H](C)C2O[C@]21C. The van der Waals surface area contributed by atoms with E-state index in [1.165, 1.54) is 30.9 Å². The van der Waals surface area contributed by atoms with Crippen LogP contribution in [0.1, 0.15) is 77.1 Å². The Bertz CT molecular complexity index is 2890. The second-order valence-electron chi connectivity index (χ2n) is 23.0. The molecule has 1 aromatic heterocycles. The lowest BCUT2D eigenvalue weighted by Gasteiger charge is -2.42. The maximum absolute atomic E-state index is 14.3. The van der Waals surface area contributed by atoms with E-state index in [1.807, 2.05) is 44.2 Å². The second kappa shape index (κ2) is 35.5. The molecule has 0 aliphatic carbocycles. The van der Waals surface area contributed by atoms with Gasteiger partial charge in [-0.15, -0.1) is 0 Å². The van der Waals surface area contributed by atoms with Crippen molar-refractivity contribution in [3.8, 4) is 0 Å². The topological polar surface area (TPSA) is 269 Å². The number of amides is 5. The molecule has 4 heterocycles. The summed E-state index contributed by atoms with van der Waals surface area (Å²) < 4.78 is 59.5. The summed E-state index contributed by atoms with van der Waals surface area (Å²) in [6.45, 7) is 17.1. The molecule has 2 fully saturated rings. The summed E-state index contributed by atoms with van der Waals surface area (Å²) in [4.78, 5) is 84.5. The zero-order valence-corrected chi connectivity index (χ0v) is 54.2. The molecular formula is C64H94ClN7O17. The number of epoxide rings is 1. The van der Waals surface area contributed by atoms with Crippen molar-refractivity contribution in [2.75, 3.05) is 132 Å². The van der Waals surface area contributed by atoms with Crippen molar-refractivity contribution in [2.45, 2.75) is 129 Å². The lowest BCUT2D eigenvalue weighted by molar-refractivity contribution is -0.162. The Labute approximate surface area is 528 Å². The highest BCUT2D eigenvalue weighted by Gasteiger charge is 2.64. The number of carbonyl (C=O) groups is 6. The largest absolute Gasteiger partial charge is 0.457 e. The maximum Gasteiger partial charge on any atom is 0.409 e. The number of rotatable bonds is 33. The van der Waals surface area contributed by atoms with Crippen LogP contribution < -0.4 is 20.9 Å². The molecule has 4 N–H and O–H groups in total. The summed E-state index contributed by atoms with van der Waals surface area (Å²) in [5.41, 5.74) is 2.19. The number of aromatic nitrogens is 1. The predicted octanol–water partition coefficient (Wildman–Crippen LogP) is 5.03. The third kappa shape index (κ3) is 21.5. The van der Waals surface area contributed by atoms with Crippen LogP contribution in [0, 0.1) is 12.8 Å². The molecule has 4 bridgehead atoms. The normalized spacial score (nSPS) is 23.4. The fourth-order valence-corrected chi connectivity index (χ4v) is 10.9. The van der Waals surface area contributed by atoms with Crippen molar-refractivity contribution in [1.29, 1.82) is 0 Å². The Hall–Kier alpha value is -6.03. The number of aliphatic hydroxyl groups is 1. The molecule has 0 radical (unpaired) electrons. The van der Waals surface area contributed by atoms with Gasteiger partial charge in [0.15, 0.2) is 5.72 Å². The molecule has 2 aromatic carbocycles. The van der Waals surface area contributed by atoms with E-state index in [0.29, 0.717) is 89.7 Å². The van der Waals surface area contributed by atoms with Crippen molar-refractivity contribution < 1.29 is 81.2 Å². The number of nitrogens with one attached hydrogen (secondary N) is 3. The molecule has 3 aliphatic rings. The van der Waals surface area contributed by atoms with Gasteiger partial charge in [-0.1, -0.05) is 73.5 Å². The van der Waals surface area contributed by atoms with E-state index >= 15 is 0 Å². The van der Waals surface area contributed by atoms with E-state index in [0.717, 1.165) is 46.4 Å². The molecule has 24 nitrogen and oxygen atoms in total. The summed E-state index contributed by atoms with van der Waals surface area (Å²) in [5.74, 6) is -2.61. The number of para-hydroxylation sites is 1. The molecule has 3 aliphatic heterocycles. The molecule has 5 amide bonds. The highest BCUT2D eigenvalue weighted by Crippen LogP contribution is 2.49. The first-order valence-electron chi connectivity index (χ1n) is 30.6.